The first-order chi connectivity index (χ1) is 14.1. The molecule has 1 saturated carbocycles. The molecular formula is C25H25ClN2O. The molecule has 3 nitrogen and oxygen atoms in total. The van der Waals surface area contributed by atoms with Crippen LogP contribution in [-0.2, 0) is 16.8 Å². The van der Waals surface area contributed by atoms with Crippen molar-refractivity contribution in [1.29, 1.82) is 0 Å². The van der Waals surface area contributed by atoms with E-state index in [4.69, 9.17) is 11.6 Å². The van der Waals surface area contributed by atoms with Crippen LogP contribution in [0.4, 0.5) is 5.69 Å². The van der Waals surface area contributed by atoms with E-state index in [0.29, 0.717) is 6.42 Å². The third kappa shape index (κ3) is 4.69. The average molecular weight is 405 g/mol. The normalized spacial score (nSPS) is 14.4. The summed E-state index contributed by atoms with van der Waals surface area (Å²) in [7, 11) is 2.02. The lowest BCUT2D eigenvalue weighted by molar-refractivity contribution is -0.116. The molecule has 148 valence electrons. The summed E-state index contributed by atoms with van der Waals surface area (Å²) in [5, 5.41) is 7.12. The number of carbonyl (C=O) groups is 1. The van der Waals surface area contributed by atoms with Gasteiger partial charge in [0.25, 0.3) is 0 Å². The van der Waals surface area contributed by atoms with Gasteiger partial charge in [0.2, 0.25) is 5.91 Å². The van der Waals surface area contributed by atoms with Crippen LogP contribution < -0.4 is 10.6 Å². The summed E-state index contributed by atoms with van der Waals surface area (Å²) in [4.78, 5) is 12.3. The molecule has 1 fully saturated rings. The number of carbonyl (C=O) groups excluding carboxylic acids is 1. The fraction of sp³-hybridized carbons (Fsp3) is 0.240. The van der Waals surface area contributed by atoms with E-state index in [0.717, 1.165) is 28.3 Å². The third-order valence-corrected chi connectivity index (χ3v) is 5.97. The monoisotopic (exact) mass is 404 g/mol. The van der Waals surface area contributed by atoms with Crippen LogP contribution in [-0.4, -0.2) is 13.0 Å². The molecule has 0 heterocycles. The highest BCUT2D eigenvalue weighted by Gasteiger charge is 2.42. The van der Waals surface area contributed by atoms with Gasteiger partial charge in [-0.05, 0) is 72.8 Å². The minimum absolute atomic E-state index is 0.0298. The Bertz CT molecular complexity index is 975. The number of hydrogen-bond acceptors (Lipinski definition) is 2. The fourth-order valence-electron chi connectivity index (χ4n) is 3.67. The molecule has 4 heteroatoms. The first-order valence-corrected chi connectivity index (χ1v) is 10.4. The molecule has 3 aromatic carbocycles. The van der Waals surface area contributed by atoms with E-state index in [1.165, 1.54) is 24.0 Å². The van der Waals surface area contributed by atoms with Gasteiger partial charge in [-0.1, -0.05) is 60.1 Å². The van der Waals surface area contributed by atoms with Gasteiger partial charge < -0.3 is 10.6 Å². The molecule has 0 radical (unpaired) electrons. The predicted molar refractivity (Wildman–Crippen MR) is 120 cm³/mol. The van der Waals surface area contributed by atoms with Crippen molar-refractivity contribution in [3.05, 3.63) is 88.9 Å². The van der Waals surface area contributed by atoms with Crippen molar-refractivity contribution in [3.8, 4) is 11.1 Å². The largest absolute Gasteiger partial charge is 0.326 e. The summed E-state index contributed by atoms with van der Waals surface area (Å²) in [6.45, 7) is 0. The zero-order valence-corrected chi connectivity index (χ0v) is 17.3. The first kappa shape index (κ1) is 19.7. The van der Waals surface area contributed by atoms with Gasteiger partial charge in [-0.15, -0.1) is 0 Å². The third-order valence-electron chi connectivity index (χ3n) is 5.72. The maximum atomic E-state index is 12.3. The minimum Gasteiger partial charge on any atom is -0.326 e. The van der Waals surface area contributed by atoms with Crippen LogP contribution in [0.5, 0.6) is 0 Å². The van der Waals surface area contributed by atoms with Crippen LogP contribution in [0.25, 0.3) is 11.1 Å². The number of hydrogen-bond donors (Lipinski definition) is 2. The summed E-state index contributed by atoms with van der Waals surface area (Å²) in [6, 6.07) is 24.3. The standard InChI is InChI=1S/C25H25ClN2O/c1-27-25(16-17-25)21-9-2-18(3-10-21)4-15-24(29)28-23-13-7-20(8-14-23)19-5-11-22(26)12-6-19/h2-3,5-14,27H,4,15-17H2,1H3,(H,28,29). The Morgan fingerprint density at radius 1 is 0.897 bits per heavy atom. The molecule has 3 aromatic rings. The Morgan fingerprint density at radius 2 is 1.48 bits per heavy atom. The number of halogens is 1. The second-order valence-corrected chi connectivity index (χ2v) is 8.10. The minimum atomic E-state index is 0.0298. The molecule has 0 atom stereocenters. The highest BCUT2D eigenvalue weighted by atomic mass is 35.5. The van der Waals surface area contributed by atoms with Gasteiger partial charge in [-0.2, -0.15) is 0 Å². The van der Waals surface area contributed by atoms with Crippen LogP contribution in [0.3, 0.4) is 0 Å². The van der Waals surface area contributed by atoms with Crippen LogP contribution in [0, 0.1) is 0 Å². The van der Waals surface area contributed by atoms with Gasteiger partial charge in [-0.25, -0.2) is 0 Å². The van der Waals surface area contributed by atoms with Crippen molar-refractivity contribution in [2.75, 3.05) is 12.4 Å². The summed E-state index contributed by atoms with van der Waals surface area (Å²) >= 11 is 5.94. The summed E-state index contributed by atoms with van der Waals surface area (Å²) in [5.74, 6) is 0.0298. The fourth-order valence-corrected chi connectivity index (χ4v) is 3.79. The molecule has 0 aromatic heterocycles. The van der Waals surface area contributed by atoms with Gasteiger partial charge in [0.1, 0.15) is 0 Å². The second kappa shape index (κ2) is 8.40. The topological polar surface area (TPSA) is 41.1 Å². The van der Waals surface area contributed by atoms with Gasteiger partial charge in [0.05, 0.1) is 0 Å². The highest BCUT2D eigenvalue weighted by Crippen LogP contribution is 2.44. The number of amides is 1. The van der Waals surface area contributed by atoms with E-state index >= 15 is 0 Å². The Labute approximate surface area is 177 Å². The summed E-state index contributed by atoms with van der Waals surface area (Å²) < 4.78 is 0. The van der Waals surface area contributed by atoms with E-state index in [1.807, 2.05) is 55.6 Å². The smallest absolute Gasteiger partial charge is 0.224 e. The van der Waals surface area contributed by atoms with E-state index in [-0.39, 0.29) is 11.4 Å². The SMILES string of the molecule is CNC1(c2ccc(CCC(=O)Nc3ccc(-c4ccc(Cl)cc4)cc3)cc2)CC1. The highest BCUT2D eigenvalue weighted by molar-refractivity contribution is 6.30. The molecule has 0 spiro atoms. The van der Waals surface area contributed by atoms with Crippen molar-refractivity contribution < 1.29 is 4.79 Å². The Morgan fingerprint density at radius 3 is 2.03 bits per heavy atom. The van der Waals surface area contributed by atoms with Gasteiger partial charge in [-0.3, -0.25) is 4.79 Å². The molecule has 1 amide bonds. The quantitative estimate of drug-likeness (QED) is 0.523. The van der Waals surface area contributed by atoms with E-state index < -0.39 is 0 Å². The first-order valence-electron chi connectivity index (χ1n) is 10.0. The van der Waals surface area contributed by atoms with E-state index in [1.54, 1.807) is 0 Å². The summed E-state index contributed by atoms with van der Waals surface area (Å²) in [6.07, 6.45) is 3.60. The van der Waals surface area contributed by atoms with Crippen LogP contribution >= 0.6 is 11.6 Å². The predicted octanol–water partition coefficient (Wildman–Crippen LogP) is 5.79. The van der Waals surface area contributed by atoms with Gasteiger partial charge in [0.15, 0.2) is 0 Å². The van der Waals surface area contributed by atoms with E-state index in [2.05, 4.69) is 34.9 Å². The Kier molecular flexibility index (Phi) is 5.70. The number of aryl methyl sites for hydroxylation is 1. The molecule has 0 bridgehead atoms. The van der Waals surface area contributed by atoms with Crippen LogP contribution in [0.1, 0.15) is 30.4 Å². The van der Waals surface area contributed by atoms with Crippen molar-refractivity contribution in [3.63, 3.8) is 0 Å². The number of benzene rings is 3. The molecule has 4 rings (SSSR count). The Balaban J connectivity index is 1.30. The zero-order valence-electron chi connectivity index (χ0n) is 16.5. The van der Waals surface area contributed by atoms with Crippen molar-refractivity contribution in [2.24, 2.45) is 0 Å². The second-order valence-electron chi connectivity index (χ2n) is 7.66. The molecule has 0 aliphatic heterocycles. The lowest BCUT2D eigenvalue weighted by Crippen LogP contribution is -2.24. The molecule has 1 aliphatic rings. The zero-order chi connectivity index (χ0) is 20.3. The molecule has 29 heavy (non-hydrogen) atoms. The van der Waals surface area contributed by atoms with Crippen LogP contribution in [0.15, 0.2) is 72.8 Å². The Hall–Kier alpha value is -2.62. The lowest BCUT2D eigenvalue weighted by atomic mass is 10.0. The van der Waals surface area contributed by atoms with Crippen molar-refractivity contribution in [1.82, 2.24) is 5.32 Å². The molecular weight excluding hydrogens is 380 g/mol. The maximum absolute atomic E-state index is 12.3. The van der Waals surface area contributed by atoms with Gasteiger partial charge >= 0.3 is 0 Å². The van der Waals surface area contributed by atoms with Gasteiger partial charge in [0, 0.05) is 22.7 Å². The molecule has 0 unspecified atom stereocenters. The average Bonchev–Trinajstić information content (AvgIpc) is 3.55. The lowest BCUT2D eigenvalue weighted by Gasteiger charge is -2.15. The van der Waals surface area contributed by atoms with Crippen LogP contribution in [0.2, 0.25) is 5.02 Å². The number of nitrogens with one attached hydrogen (secondary N) is 2. The number of rotatable bonds is 7. The maximum Gasteiger partial charge on any atom is 0.224 e. The molecule has 0 saturated heterocycles. The molecule has 2 N–H and O–H groups in total. The molecule has 1 aliphatic carbocycles. The van der Waals surface area contributed by atoms with Crippen molar-refractivity contribution in [2.45, 2.75) is 31.2 Å². The van der Waals surface area contributed by atoms with Crippen molar-refractivity contribution >= 4 is 23.2 Å². The number of anilines is 1. The van der Waals surface area contributed by atoms with E-state index in [9.17, 15) is 4.79 Å². The summed E-state index contributed by atoms with van der Waals surface area (Å²) in [5.41, 5.74) is 5.72.